The van der Waals surface area contributed by atoms with Gasteiger partial charge in [0.2, 0.25) is 0 Å². The molecule has 1 heterocycles. The van der Waals surface area contributed by atoms with Crippen LogP contribution in [0.5, 0.6) is 0 Å². The van der Waals surface area contributed by atoms with Crippen molar-refractivity contribution in [2.45, 2.75) is 44.6 Å². The summed E-state index contributed by atoms with van der Waals surface area (Å²) in [5.41, 5.74) is -1.03. The minimum atomic E-state index is -1.03. The van der Waals surface area contributed by atoms with E-state index in [1.807, 2.05) is 0 Å². The highest BCUT2D eigenvalue weighted by Gasteiger charge is 2.45. The Labute approximate surface area is 108 Å². The van der Waals surface area contributed by atoms with Gasteiger partial charge < -0.3 is 14.9 Å². The Hall–Kier alpha value is -1.26. The number of aliphatic carboxylic acids is 1. The summed E-state index contributed by atoms with van der Waals surface area (Å²) in [5, 5.41) is 9.38. The van der Waals surface area contributed by atoms with E-state index in [4.69, 9.17) is 0 Å². The number of nitrogens with zero attached hydrogens (tertiary/aromatic N) is 2. The number of carboxylic acids is 1. The maximum absolute atomic E-state index is 12.4. The van der Waals surface area contributed by atoms with Gasteiger partial charge in [-0.3, -0.25) is 0 Å². The number of piperidine rings is 1. The molecule has 5 heteroatoms. The van der Waals surface area contributed by atoms with Crippen molar-refractivity contribution in [2.75, 3.05) is 20.1 Å². The number of carbonyl (C=O) groups is 2. The number of amides is 2. The van der Waals surface area contributed by atoms with Crippen LogP contribution in [-0.2, 0) is 4.79 Å². The normalized spacial score (nSPS) is 28.0. The number of likely N-dealkylation sites (tertiary alicyclic amines) is 1. The van der Waals surface area contributed by atoms with E-state index < -0.39 is 11.5 Å². The van der Waals surface area contributed by atoms with E-state index in [-0.39, 0.29) is 6.03 Å². The summed E-state index contributed by atoms with van der Waals surface area (Å²) in [6, 6.07) is -0.133. The first-order chi connectivity index (χ1) is 8.45. The van der Waals surface area contributed by atoms with Gasteiger partial charge in [0.1, 0.15) is 5.54 Å². The molecule has 2 fully saturated rings. The average Bonchev–Trinajstić information content (AvgIpc) is 3.12. The summed E-state index contributed by atoms with van der Waals surface area (Å²) in [6.45, 7) is 2.97. The number of urea groups is 1. The van der Waals surface area contributed by atoms with Crippen molar-refractivity contribution in [1.29, 1.82) is 0 Å². The van der Waals surface area contributed by atoms with Gasteiger partial charge in [0.05, 0.1) is 0 Å². The van der Waals surface area contributed by atoms with Crippen LogP contribution in [0.2, 0.25) is 0 Å². The molecule has 1 atom stereocenters. The van der Waals surface area contributed by atoms with Crippen LogP contribution in [0.15, 0.2) is 0 Å². The SMILES string of the molecule is CN(CC1CC1)C(=O)N1CCCCC1(C)C(=O)O. The monoisotopic (exact) mass is 254 g/mol. The fourth-order valence-electron chi connectivity index (χ4n) is 2.62. The van der Waals surface area contributed by atoms with Crippen LogP contribution in [0.4, 0.5) is 4.79 Å². The summed E-state index contributed by atoms with van der Waals surface area (Å²) >= 11 is 0. The summed E-state index contributed by atoms with van der Waals surface area (Å²) < 4.78 is 0. The fraction of sp³-hybridized carbons (Fsp3) is 0.846. The Balaban J connectivity index is 2.07. The third-order valence-electron chi connectivity index (χ3n) is 4.14. The van der Waals surface area contributed by atoms with Gasteiger partial charge in [-0.2, -0.15) is 0 Å². The van der Waals surface area contributed by atoms with Gasteiger partial charge >= 0.3 is 12.0 Å². The Morgan fingerprint density at radius 3 is 2.61 bits per heavy atom. The molecule has 2 aliphatic rings. The van der Waals surface area contributed by atoms with Crippen molar-refractivity contribution in [3.8, 4) is 0 Å². The molecule has 0 spiro atoms. The van der Waals surface area contributed by atoms with Crippen LogP contribution >= 0.6 is 0 Å². The molecule has 0 bridgehead atoms. The lowest BCUT2D eigenvalue weighted by molar-refractivity contribution is -0.150. The molecule has 1 unspecified atom stereocenters. The molecule has 5 nitrogen and oxygen atoms in total. The molecule has 1 N–H and O–H groups in total. The number of hydrogen-bond acceptors (Lipinski definition) is 2. The molecule has 1 aliphatic carbocycles. The molecule has 1 saturated heterocycles. The second-order valence-electron chi connectivity index (χ2n) is 5.79. The molecule has 1 saturated carbocycles. The van der Waals surface area contributed by atoms with Crippen LogP contribution in [0.3, 0.4) is 0 Å². The predicted octanol–water partition coefficient (Wildman–Crippen LogP) is 1.78. The van der Waals surface area contributed by atoms with E-state index in [0.717, 1.165) is 19.4 Å². The lowest BCUT2D eigenvalue weighted by Gasteiger charge is -2.43. The zero-order chi connectivity index (χ0) is 13.3. The van der Waals surface area contributed by atoms with Gasteiger partial charge in [-0.25, -0.2) is 9.59 Å². The molecule has 0 aromatic heterocycles. The van der Waals surface area contributed by atoms with Crippen molar-refractivity contribution in [2.24, 2.45) is 5.92 Å². The van der Waals surface area contributed by atoms with E-state index in [1.54, 1.807) is 23.8 Å². The lowest BCUT2D eigenvalue weighted by atomic mass is 9.89. The molecule has 0 aromatic rings. The van der Waals surface area contributed by atoms with Gasteiger partial charge in [0, 0.05) is 20.1 Å². The van der Waals surface area contributed by atoms with Crippen LogP contribution < -0.4 is 0 Å². The van der Waals surface area contributed by atoms with Gasteiger partial charge in [0.15, 0.2) is 0 Å². The number of rotatable bonds is 3. The van der Waals surface area contributed by atoms with Crippen molar-refractivity contribution < 1.29 is 14.7 Å². The van der Waals surface area contributed by atoms with E-state index in [0.29, 0.717) is 18.9 Å². The highest BCUT2D eigenvalue weighted by molar-refractivity contribution is 5.86. The third kappa shape index (κ3) is 2.44. The van der Waals surface area contributed by atoms with Crippen LogP contribution in [0.1, 0.15) is 39.0 Å². The number of carboxylic acid groups (broad SMARTS) is 1. The standard InChI is InChI=1S/C13H22N2O3/c1-13(11(16)17)7-3-4-8-15(13)12(18)14(2)9-10-5-6-10/h10H,3-9H2,1-2H3,(H,16,17). The highest BCUT2D eigenvalue weighted by Crippen LogP contribution is 2.32. The molecule has 18 heavy (non-hydrogen) atoms. The summed E-state index contributed by atoms with van der Waals surface area (Å²) in [4.78, 5) is 27.0. The molecule has 2 amide bonds. The van der Waals surface area contributed by atoms with Crippen LogP contribution in [0.25, 0.3) is 0 Å². The predicted molar refractivity (Wildman–Crippen MR) is 67.3 cm³/mol. The highest BCUT2D eigenvalue weighted by atomic mass is 16.4. The number of hydrogen-bond donors (Lipinski definition) is 1. The Morgan fingerprint density at radius 2 is 2.06 bits per heavy atom. The molecular weight excluding hydrogens is 232 g/mol. The van der Waals surface area contributed by atoms with Gasteiger partial charge in [-0.05, 0) is 44.9 Å². The quantitative estimate of drug-likeness (QED) is 0.835. The maximum atomic E-state index is 12.4. The number of carbonyl (C=O) groups excluding carboxylic acids is 1. The summed E-state index contributed by atoms with van der Waals surface area (Å²) in [7, 11) is 1.78. The van der Waals surface area contributed by atoms with Crippen molar-refractivity contribution in [3.63, 3.8) is 0 Å². The molecule has 0 radical (unpaired) electrons. The molecule has 2 rings (SSSR count). The maximum Gasteiger partial charge on any atom is 0.329 e. The Morgan fingerprint density at radius 1 is 1.39 bits per heavy atom. The van der Waals surface area contributed by atoms with E-state index >= 15 is 0 Å². The topological polar surface area (TPSA) is 60.9 Å². The van der Waals surface area contributed by atoms with Gasteiger partial charge in [-0.15, -0.1) is 0 Å². The van der Waals surface area contributed by atoms with Gasteiger partial charge in [-0.1, -0.05) is 0 Å². The zero-order valence-corrected chi connectivity index (χ0v) is 11.2. The first-order valence-corrected chi connectivity index (χ1v) is 6.71. The van der Waals surface area contributed by atoms with E-state index in [1.165, 1.54) is 12.8 Å². The largest absolute Gasteiger partial charge is 0.480 e. The second-order valence-corrected chi connectivity index (χ2v) is 5.79. The average molecular weight is 254 g/mol. The minimum Gasteiger partial charge on any atom is -0.480 e. The van der Waals surface area contributed by atoms with Crippen LogP contribution in [-0.4, -0.2) is 52.6 Å². The Kier molecular flexibility index (Phi) is 3.50. The first kappa shape index (κ1) is 13.2. The molecular formula is C13H22N2O3. The van der Waals surface area contributed by atoms with E-state index in [9.17, 15) is 14.7 Å². The fourth-order valence-corrected chi connectivity index (χ4v) is 2.62. The first-order valence-electron chi connectivity index (χ1n) is 6.71. The molecule has 102 valence electrons. The zero-order valence-electron chi connectivity index (χ0n) is 11.2. The Bertz CT molecular complexity index is 354. The van der Waals surface area contributed by atoms with Crippen molar-refractivity contribution >= 4 is 12.0 Å². The van der Waals surface area contributed by atoms with Crippen molar-refractivity contribution in [3.05, 3.63) is 0 Å². The second kappa shape index (κ2) is 4.78. The molecule has 1 aliphatic heterocycles. The van der Waals surface area contributed by atoms with Crippen molar-refractivity contribution in [1.82, 2.24) is 9.80 Å². The van der Waals surface area contributed by atoms with Gasteiger partial charge in [0.25, 0.3) is 0 Å². The van der Waals surface area contributed by atoms with Crippen LogP contribution in [0, 0.1) is 5.92 Å². The smallest absolute Gasteiger partial charge is 0.329 e. The lowest BCUT2D eigenvalue weighted by Crippen LogP contribution is -2.60. The third-order valence-corrected chi connectivity index (χ3v) is 4.14. The minimum absolute atomic E-state index is 0.133. The summed E-state index contributed by atoms with van der Waals surface area (Å²) in [6.07, 6.45) is 4.69. The summed E-state index contributed by atoms with van der Waals surface area (Å²) in [5.74, 6) is -0.268. The van der Waals surface area contributed by atoms with E-state index in [2.05, 4.69) is 0 Å². The molecule has 0 aromatic carbocycles.